The second-order valence-corrected chi connectivity index (χ2v) is 7.68. The molecule has 0 spiro atoms. The van der Waals surface area contributed by atoms with Crippen LogP contribution in [0.25, 0.3) is 0 Å². The third-order valence-electron chi connectivity index (χ3n) is 3.23. The van der Waals surface area contributed by atoms with Gasteiger partial charge in [-0.3, -0.25) is 0 Å². The van der Waals surface area contributed by atoms with Gasteiger partial charge < -0.3 is 5.73 Å². The van der Waals surface area contributed by atoms with Crippen LogP contribution >= 0.6 is 11.3 Å². The van der Waals surface area contributed by atoms with Crippen molar-refractivity contribution in [3.05, 3.63) is 51.2 Å². The van der Waals surface area contributed by atoms with E-state index in [1.165, 1.54) is 16.9 Å². The van der Waals surface area contributed by atoms with Crippen molar-refractivity contribution in [2.24, 2.45) is 5.73 Å². The highest BCUT2D eigenvalue weighted by Gasteiger charge is 2.21. The summed E-state index contributed by atoms with van der Waals surface area (Å²) in [6.07, 6.45) is 0.669. The Kier molecular flexibility index (Phi) is 5.16. The van der Waals surface area contributed by atoms with Gasteiger partial charge in [-0.25, -0.2) is 13.1 Å². The molecular weight excluding hydrogens is 304 g/mol. The highest BCUT2D eigenvalue weighted by atomic mass is 32.2. The van der Waals surface area contributed by atoms with Crippen LogP contribution in [0.1, 0.15) is 21.6 Å². The molecule has 0 aliphatic heterocycles. The zero-order valence-corrected chi connectivity index (χ0v) is 13.9. The summed E-state index contributed by atoms with van der Waals surface area (Å²) in [4.78, 5) is 1.05. The van der Waals surface area contributed by atoms with Crippen LogP contribution in [0, 0.1) is 13.8 Å². The third kappa shape index (κ3) is 3.91. The normalized spacial score (nSPS) is 11.8. The summed E-state index contributed by atoms with van der Waals surface area (Å²) >= 11 is 1.39. The summed E-state index contributed by atoms with van der Waals surface area (Å²) in [5.74, 6) is 0. The molecule has 1 heterocycles. The lowest BCUT2D eigenvalue weighted by Gasteiger charge is -2.09. The molecule has 21 heavy (non-hydrogen) atoms. The van der Waals surface area contributed by atoms with Crippen LogP contribution in [0.15, 0.2) is 34.5 Å². The fourth-order valence-electron chi connectivity index (χ4n) is 2.26. The Morgan fingerprint density at radius 2 is 2.05 bits per heavy atom. The van der Waals surface area contributed by atoms with Crippen LogP contribution in [0.5, 0.6) is 0 Å². The van der Waals surface area contributed by atoms with Crippen molar-refractivity contribution in [1.29, 1.82) is 0 Å². The van der Waals surface area contributed by atoms with E-state index in [0.717, 1.165) is 11.1 Å². The van der Waals surface area contributed by atoms with Gasteiger partial charge in [-0.2, -0.15) is 0 Å². The molecule has 3 N–H and O–H groups in total. The van der Waals surface area contributed by atoms with E-state index < -0.39 is 10.0 Å². The number of nitrogens with two attached hydrogens (primary N) is 1. The summed E-state index contributed by atoms with van der Waals surface area (Å²) < 4.78 is 27.5. The SMILES string of the molecule is Cc1cccc(CCNS(=O)(=O)c2c(C)csc2CN)c1. The smallest absolute Gasteiger partial charge is 0.241 e. The van der Waals surface area contributed by atoms with Crippen molar-refractivity contribution in [3.63, 3.8) is 0 Å². The topological polar surface area (TPSA) is 72.2 Å². The van der Waals surface area contributed by atoms with Crippen molar-refractivity contribution in [2.75, 3.05) is 6.54 Å². The third-order valence-corrected chi connectivity index (χ3v) is 6.18. The molecule has 0 fully saturated rings. The van der Waals surface area contributed by atoms with Gasteiger partial charge in [0.15, 0.2) is 0 Å². The fraction of sp³-hybridized carbons (Fsp3) is 0.333. The average Bonchev–Trinajstić information content (AvgIpc) is 2.80. The monoisotopic (exact) mass is 324 g/mol. The minimum atomic E-state index is -3.49. The molecular formula is C15H20N2O2S2. The summed E-state index contributed by atoms with van der Waals surface area (Å²) in [6, 6.07) is 8.07. The van der Waals surface area contributed by atoms with E-state index in [4.69, 9.17) is 5.73 Å². The van der Waals surface area contributed by atoms with E-state index in [-0.39, 0.29) is 6.54 Å². The van der Waals surface area contributed by atoms with Crippen molar-refractivity contribution >= 4 is 21.4 Å². The Balaban J connectivity index is 2.06. The van der Waals surface area contributed by atoms with Gasteiger partial charge in [-0.05, 0) is 36.8 Å². The van der Waals surface area contributed by atoms with Gasteiger partial charge in [-0.15, -0.1) is 11.3 Å². The maximum Gasteiger partial charge on any atom is 0.241 e. The number of nitrogens with one attached hydrogen (secondary N) is 1. The van der Waals surface area contributed by atoms with E-state index in [9.17, 15) is 8.42 Å². The lowest BCUT2D eigenvalue weighted by molar-refractivity contribution is 0.580. The van der Waals surface area contributed by atoms with Gasteiger partial charge in [-0.1, -0.05) is 29.8 Å². The number of rotatable bonds is 6. The molecule has 114 valence electrons. The van der Waals surface area contributed by atoms with Crippen LogP contribution in [-0.2, 0) is 23.0 Å². The van der Waals surface area contributed by atoms with E-state index in [1.807, 2.05) is 30.5 Å². The van der Waals surface area contributed by atoms with Gasteiger partial charge in [0, 0.05) is 18.0 Å². The van der Waals surface area contributed by atoms with E-state index in [0.29, 0.717) is 22.7 Å². The van der Waals surface area contributed by atoms with Crippen LogP contribution in [0.3, 0.4) is 0 Å². The molecule has 0 aliphatic rings. The number of sulfonamides is 1. The first kappa shape index (κ1) is 16.2. The van der Waals surface area contributed by atoms with Crippen LogP contribution < -0.4 is 10.5 Å². The molecule has 1 aromatic carbocycles. The second-order valence-electron chi connectivity index (χ2n) is 5.01. The Morgan fingerprint density at radius 3 is 2.71 bits per heavy atom. The molecule has 0 saturated heterocycles. The van der Waals surface area contributed by atoms with Crippen LogP contribution in [0.2, 0.25) is 0 Å². The minimum absolute atomic E-state index is 0.243. The van der Waals surface area contributed by atoms with E-state index in [1.54, 1.807) is 6.92 Å². The molecule has 0 saturated carbocycles. The maximum absolute atomic E-state index is 12.4. The number of benzene rings is 1. The molecule has 0 atom stereocenters. The molecule has 0 amide bonds. The molecule has 4 nitrogen and oxygen atoms in total. The first-order chi connectivity index (χ1) is 9.94. The lowest BCUT2D eigenvalue weighted by atomic mass is 10.1. The van der Waals surface area contributed by atoms with Gasteiger partial charge in [0.1, 0.15) is 4.90 Å². The van der Waals surface area contributed by atoms with Crippen LogP contribution in [-0.4, -0.2) is 15.0 Å². The summed E-state index contributed by atoms with van der Waals surface area (Å²) in [5.41, 5.74) is 8.67. The maximum atomic E-state index is 12.4. The Bertz CT molecular complexity index is 721. The molecule has 0 aliphatic carbocycles. The summed E-state index contributed by atoms with van der Waals surface area (Å²) in [5, 5.41) is 1.83. The number of hydrogen-bond donors (Lipinski definition) is 2. The van der Waals surface area contributed by atoms with Crippen molar-refractivity contribution in [3.8, 4) is 0 Å². The summed E-state index contributed by atoms with van der Waals surface area (Å²) in [7, 11) is -3.49. The standard InChI is InChI=1S/C15H20N2O2S2/c1-11-4-3-5-13(8-11)6-7-17-21(18,19)15-12(2)10-20-14(15)9-16/h3-5,8,10,17H,6-7,9,16H2,1-2H3. The van der Waals surface area contributed by atoms with Gasteiger partial charge >= 0.3 is 0 Å². The zero-order valence-electron chi connectivity index (χ0n) is 12.2. The zero-order chi connectivity index (χ0) is 15.5. The number of hydrogen-bond acceptors (Lipinski definition) is 4. The van der Waals surface area contributed by atoms with E-state index in [2.05, 4.69) is 10.8 Å². The van der Waals surface area contributed by atoms with Crippen LogP contribution in [0.4, 0.5) is 0 Å². The molecule has 0 bridgehead atoms. The molecule has 2 rings (SSSR count). The first-order valence-corrected chi connectivity index (χ1v) is 9.12. The predicted octanol–water partition coefficient (Wildman–Crippen LogP) is 2.34. The van der Waals surface area contributed by atoms with Gasteiger partial charge in [0.25, 0.3) is 0 Å². The first-order valence-electron chi connectivity index (χ1n) is 6.76. The largest absolute Gasteiger partial charge is 0.326 e. The Hall–Kier alpha value is -1.21. The van der Waals surface area contributed by atoms with Crippen molar-refractivity contribution in [1.82, 2.24) is 4.72 Å². The van der Waals surface area contributed by atoms with E-state index >= 15 is 0 Å². The lowest BCUT2D eigenvalue weighted by Crippen LogP contribution is -2.27. The summed E-state index contributed by atoms with van der Waals surface area (Å²) in [6.45, 7) is 4.44. The Morgan fingerprint density at radius 1 is 1.29 bits per heavy atom. The quantitative estimate of drug-likeness (QED) is 0.857. The van der Waals surface area contributed by atoms with Crippen molar-refractivity contribution < 1.29 is 8.42 Å². The second kappa shape index (κ2) is 6.70. The minimum Gasteiger partial charge on any atom is -0.326 e. The highest BCUT2D eigenvalue weighted by Crippen LogP contribution is 2.26. The average molecular weight is 324 g/mol. The predicted molar refractivity (Wildman–Crippen MR) is 87.0 cm³/mol. The molecule has 2 aromatic rings. The van der Waals surface area contributed by atoms with Crippen molar-refractivity contribution in [2.45, 2.75) is 31.7 Å². The highest BCUT2D eigenvalue weighted by molar-refractivity contribution is 7.89. The molecule has 6 heteroatoms. The fourth-order valence-corrected chi connectivity index (χ4v) is 4.99. The molecule has 0 radical (unpaired) electrons. The number of thiophene rings is 1. The Labute approximate surface area is 130 Å². The molecule has 0 unspecified atom stereocenters. The number of aryl methyl sites for hydroxylation is 2. The molecule has 1 aromatic heterocycles. The van der Waals surface area contributed by atoms with Gasteiger partial charge in [0.2, 0.25) is 10.0 Å². The van der Waals surface area contributed by atoms with Gasteiger partial charge in [0.05, 0.1) is 0 Å².